The molecule has 0 aliphatic carbocycles. The van der Waals surface area contributed by atoms with Crippen molar-refractivity contribution in [3.8, 4) is 0 Å². The predicted octanol–water partition coefficient (Wildman–Crippen LogP) is 3.89. The lowest BCUT2D eigenvalue weighted by Crippen LogP contribution is -2.48. The quantitative estimate of drug-likeness (QED) is 0.370. The van der Waals surface area contributed by atoms with Crippen molar-refractivity contribution in [1.29, 1.82) is 0 Å². The Morgan fingerprint density at radius 1 is 1.09 bits per heavy atom. The molecule has 5 nitrogen and oxygen atoms in total. The first kappa shape index (κ1) is 17.9. The summed E-state index contributed by atoms with van der Waals surface area (Å²) in [6.45, 7) is 0. The zero-order valence-electron chi connectivity index (χ0n) is 12.4. The maximum Gasteiger partial charge on any atom is 0.352 e. The first-order chi connectivity index (χ1) is 10.9. The Hall–Kier alpha value is -1.44. The normalized spacial score (nSPS) is 10.5. The van der Waals surface area contributed by atoms with E-state index < -0.39 is 6.03 Å². The van der Waals surface area contributed by atoms with Gasteiger partial charge in [-0.3, -0.25) is 5.01 Å². The fourth-order valence-corrected chi connectivity index (χ4v) is 3.50. The molecule has 0 spiro atoms. The van der Waals surface area contributed by atoms with Crippen molar-refractivity contribution in [3.05, 3.63) is 58.1 Å². The fourth-order valence-electron chi connectivity index (χ4n) is 1.90. The molecule has 0 heterocycles. The number of amides is 2. The average molecular weight is 371 g/mol. The molecule has 0 aliphatic rings. The van der Waals surface area contributed by atoms with Crippen LogP contribution in [-0.2, 0) is 5.75 Å². The monoisotopic (exact) mass is 370 g/mol. The molecule has 0 radical (unpaired) electrons. The van der Waals surface area contributed by atoms with Crippen molar-refractivity contribution in [2.24, 2.45) is 11.7 Å². The molecule has 2 rings (SSSR count). The second kappa shape index (κ2) is 7.90. The lowest BCUT2D eigenvalue weighted by Gasteiger charge is -2.23. The van der Waals surface area contributed by atoms with Gasteiger partial charge in [0.25, 0.3) is 0 Å². The molecule has 2 aromatic rings. The number of halogens is 2. The van der Waals surface area contributed by atoms with Gasteiger partial charge in [-0.15, -0.1) is 11.8 Å². The topological polar surface area (TPSA) is 75.6 Å². The van der Waals surface area contributed by atoms with Crippen molar-refractivity contribution in [1.82, 2.24) is 5.01 Å². The van der Waals surface area contributed by atoms with Gasteiger partial charge in [0.15, 0.2) is 0 Å². The fraction of sp³-hybridized carbons (Fsp3) is 0.133. The van der Waals surface area contributed by atoms with Gasteiger partial charge in [-0.2, -0.15) is 0 Å². The summed E-state index contributed by atoms with van der Waals surface area (Å²) in [4.78, 5) is 12.9. The van der Waals surface area contributed by atoms with Gasteiger partial charge in [0.05, 0.1) is 10.7 Å². The Kier molecular flexibility index (Phi) is 6.15. The Morgan fingerprint density at radius 2 is 1.74 bits per heavy atom. The summed E-state index contributed by atoms with van der Waals surface area (Å²) in [6.07, 6.45) is 0. The molecule has 0 atom stereocenters. The van der Waals surface area contributed by atoms with Crippen molar-refractivity contribution < 1.29 is 4.79 Å². The minimum absolute atomic E-state index is 0.499. The van der Waals surface area contributed by atoms with E-state index in [1.165, 1.54) is 18.8 Å². The molecule has 23 heavy (non-hydrogen) atoms. The SMILES string of the molecule is CN(N)C(=O)N(N)c1cccc(Cl)c1CSc1ccccc1Cl. The van der Waals surface area contributed by atoms with Crippen LogP contribution in [0.25, 0.3) is 0 Å². The van der Waals surface area contributed by atoms with E-state index >= 15 is 0 Å². The average Bonchev–Trinajstić information content (AvgIpc) is 2.53. The molecule has 0 saturated heterocycles. The molecule has 122 valence electrons. The number of hydrogen-bond acceptors (Lipinski definition) is 4. The van der Waals surface area contributed by atoms with E-state index in [-0.39, 0.29) is 0 Å². The van der Waals surface area contributed by atoms with Crippen LogP contribution in [0.5, 0.6) is 0 Å². The number of rotatable bonds is 4. The summed E-state index contributed by atoms with van der Waals surface area (Å²) >= 11 is 13.9. The second-order valence-corrected chi connectivity index (χ2v) is 6.55. The van der Waals surface area contributed by atoms with E-state index in [1.54, 1.807) is 18.2 Å². The van der Waals surface area contributed by atoms with Crippen LogP contribution in [0.15, 0.2) is 47.4 Å². The smallest absolute Gasteiger partial charge is 0.264 e. The number of hydrazine groups is 2. The van der Waals surface area contributed by atoms with Gasteiger partial charge < -0.3 is 0 Å². The molecule has 0 aromatic heterocycles. The first-order valence-corrected chi connectivity index (χ1v) is 8.38. The van der Waals surface area contributed by atoms with Crippen LogP contribution in [0, 0.1) is 0 Å². The summed E-state index contributed by atoms with van der Waals surface area (Å²) in [5.41, 5.74) is 1.23. The van der Waals surface area contributed by atoms with Crippen LogP contribution >= 0.6 is 35.0 Å². The van der Waals surface area contributed by atoms with Crippen molar-refractivity contribution >= 4 is 46.7 Å². The molecule has 0 unspecified atom stereocenters. The van der Waals surface area contributed by atoms with Gasteiger partial charge in [-0.1, -0.05) is 41.4 Å². The third-order valence-electron chi connectivity index (χ3n) is 3.07. The molecule has 4 N–H and O–H groups in total. The van der Waals surface area contributed by atoms with Crippen molar-refractivity contribution in [2.45, 2.75) is 10.6 Å². The summed E-state index contributed by atoms with van der Waals surface area (Å²) < 4.78 is 0. The Bertz CT molecular complexity index is 712. The lowest BCUT2D eigenvalue weighted by atomic mass is 10.2. The second-order valence-electron chi connectivity index (χ2n) is 4.72. The van der Waals surface area contributed by atoms with E-state index in [4.69, 9.17) is 34.9 Å². The summed E-state index contributed by atoms with van der Waals surface area (Å²) in [7, 11) is 1.42. The highest BCUT2D eigenvalue weighted by Gasteiger charge is 2.19. The van der Waals surface area contributed by atoms with Gasteiger partial charge in [0.2, 0.25) is 0 Å². The van der Waals surface area contributed by atoms with E-state index in [1.807, 2.05) is 24.3 Å². The van der Waals surface area contributed by atoms with Gasteiger partial charge in [0, 0.05) is 28.3 Å². The van der Waals surface area contributed by atoms with Crippen LogP contribution in [0.4, 0.5) is 10.5 Å². The molecular weight excluding hydrogens is 355 g/mol. The predicted molar refractivity (Wildman–Crippen MR) is 96.5 cm³/mol. The molecule has 2 amide bonds. The van der Waals surface area contributed by atoms with Crippen LogP contribution in [0.2, 0.25) is 10.0 Å². The van der Waals surface area contributed by atoms with Crippen LogP contribution in [0.1, 0.15) is 5.56 Å². The molecule has 2 aromatic carbocycles. The number of benzene rings is 2. The van der Waals surface area contributed by atoms with E-state index in [0.717, 1.165) is 20.5 Å². The molecular formula is C15H16Cl2N4OS. The highest BCUT2D eigenvalue weighted by atomic mass is 35.5. The van der Waals surface area contributed by atoms with Gasteiger partial charge in [-0.05, 0) is 24.3 Å². The number of hydrogen-bond donors (Lipinski definition) is 2. The summed E-state index contributed by atoms with van der Waals surface area (Å²) in [5.74, 6) is 11.8. The number of carbonyl (C=O) groups is 1. The molecule has 0 bridgehead atoms. The number of nitrogens with two attached hydrogens (primary N) is 2. The third kappa shape index (κ3) is 4.31. The Labute approximate surface area is 149 Å². The summed E-state index contributed by atoms with van der Waals surface area (Å²) in [5, 5.41) is 3.07. The maximum absolute atomic E-state index is 12.0. The Morgan fingerprint density at radius 3 is 2.39 bits per heavy atom. The zero-order valence-corrected chi connectivity index (χ0v) is 14.7. The minimum Gasteiger partial charge on any atom is -0.264 e. The van der Waals surface area contributed by atoms with Crippen LogP contribution in [-0.4, -0.2) is 18.1 Å². The zero-order chi connectivity index (χ0) is 17.0. The lowest BCUT2D eigenvalue weighted by molar-refractivity contribution is 0.216. The van der Waals surface area contributed by atoms with E-state index in [9.17, 15) is 4.79 Å². The number of carbonyl (C=O) groups excluding carboxylic acids is 1. The minimum atomic E-state index is -0.545. The van der Waals surface area contributed by atoms with Gasteiger partial charge >= 0.3 is 6.03 Å². The Balaban J connectivity index is 2.28. The van der Waals surface area contributed by atoms with Gasteiger partial charge in [-0.25, -0.2) is 21.5 Å². The molecule has 0 fully saturated rings. The van der Waals surface area contributed by atoms with Crippen molar-refractivity contribution in [2.75, 3.05) is 12.1 Å². The number of urea groups is 1. The van der Waals surface area contributed by atoms with E-state index in [2.05, 4.69) is 0 Å². The molecule has 0 saturated carbocycles. The third-order valence-corrected chi connectivity index (χ3v) is 4.97. The number of thioether (sulfide) groups is 1. The molecule has 0 aliphatic heterocycles. The van der Waals surface area contributed by atoms with Gasteiger partial charge in [0.1, 0.15) is 0 Å². The first-order valence-electron chi connectivity index (χ1n) is 6.63. The van der Waals surface area contributed by atoms with E-state index in [0.29, 0.717) is 21.5 Å². The largest absolute Gasteiger partial charge is 0.352 e. The summed E-state index contributed by atoms with van der Waals surface area (Å²) in [6, 6.07) is 12.2. The number of nitrogens with zero attached hydrogens (tertiary/aromatic N) is 2. The van der Waals surface area contributed by atoms with Crippen molar-refractivity contribution in [3.63, 3.8) is 0 Å². The molecule has 8 heteroatoms. The standard InChI is InChI=1S/C15H16Cl2N4OS/c1-20(18)15(22)21(19)13-7-4-6-11(16)10(13)9-23-14-8-3-2-5-12(14)17/h2-8H,9,18-19H2,1H3. The number of anilines is 1. The highest BCUT2D eigenvalue weighted by Crippen LogP contribution is 2.35. The van der Waals surface area contributed by atoms with Crippen LogP contribution in [0.3, 0.4) is 0 Å². The van der Waals surface area contributed by atoms with Crippen LogP contribution < -0.4 is 16.7 Å². The highest BCUT2D eigenvalue weighted by molar-refractivity contribution is 7.98. The maximum atomic E-state index is 12.0.